The van der Waals surface area contributed by atoms with Crippen LogP contribution in [0.4, 0.5) is 0 Å². The zero-order valence-corrected chi connectivity index (χ0v) is 13.7. The minimum Gasteiger partial charge on any atom is -0.548 e. The second-order valence-electron chi connectivity index (χ2n) is 5.28. The van der Waals surface area contributed by atoms with E-state index in [1.807, 2.05) is 31.4 Å². The number of carboxylic acid groups (broad SMARTS) is 1. The molecule has 6 heteroatoms. The van der Waals surface area contributed by atoms with E-state index in [-0.39, 0.29) is 0 Å². The summed E-state index contributed by atoms with van der Waals surface area (Å²) >= 11 is 1.53. The fourth-order valence-electron chi connectivity index (χ4n) is 2.40. The van der Waals surface area contributed by atoms with Crippen LogP contribution in [0.15, 0.2) is 24.3 Å². The van der Waals surface area contributed by atoms with E-state index in [0.29, 0.717) is 17.9 Å². The number of aliphatic carboxylic acids is 1. The van der Waals surface area contributed by atoms with Gasteiger partial charge in [-0.1, -0.05) is 11.6 Å². The van der Waals surface area contributed by atoms with E-state index in [0.717, 1.165) is 16.5 Å². The third-order valence-corrected chi connectivity index (χ3v) is 4.28. The fourth-order valence-corrected chi connectivity index (χ4v) is 2.87. The van der Waals surface area contributed by atoms with Gasteiger partial charge >= 0.3 is 0 Å². The van der Waals surface area contributed by atoms with Crippen molar-refractivity contribution < 1.29 is 14.7 Å². The largest absolute Gasteiger partial charge is 0.548 e. The van der Waals surface area contributed by atoms with Crippen molar-refractivity contribution in [2.45, 2.75) is 19.4 Å². The predicted molar refractivity (Wildman–Crippen MR) is 86.9 cm³/mol. The molecule has 0 radical (unpaired) electrons. The summed E-state index contributed by atoms with van der Waals surface area (Å²) in [7, 11) is 1.79. The summed E-state index contributed by atoms with van der Waals surface area (Å²) in [6.45, 7) is 1.99. The number of hydrogen-bond donors (Lipinski definition) is 1. The Morgan fingerprint density at radius 1 is 1.36 bits per heavy atom. The molecule has 0 spiro atoms. The Hall–Kier alpha value is -1.95. The summed E-state index contributed by atoms with van der Waals surface area (Å²) < 4.78 is 1.77. The number of carboxylic acids is 1. The Bertz CT molecular complexity index is 709. The van der Waals surface area contributed by atoms with Crippen molar-refractivity contribution in [3.63, 3.8) is 0 Å². The number of aryl methyl sites for hydroxylation is 2. The van der Waals surface area contributed by atoms with Crippen molar-refractivity contribution in [3.8, 4) is 0 Å². The lowest BCUT2D eigenvalue weighted by molar-refractivity contribution is -0.308. The molecular formula is C16H19N2O3S-. The number of nitrogens with one attached hydrogen (secondary N) is 1. The van der Waals surface area contributed by atoms with Gasteiger partial charge in [0.1, 0.15) is 5.69 Å². The number of nitrogens with zero attached hydrogens (tertiary/aromatic N) is 1. The quantitative estimate of drug-likeness (QED) is 0.865. The maximum atomic E-state index is 12.4. The van der Waals surface area contributed by atoms with Crippen LogP contribution < -0.4 is 10.4 Å². The first kappa shape index (κ1) is 16.4. The molecule has 0 saturated carbocycles. The van der Waals surface area contributed by atoms with Gasteiger partial charge in [-0.25, -0.2) is 0 Å². The van der Waals surface area contributed by atoms with Crippen molar-refractivity contribution in [1.29, 1.82) is 0 Å². The molecule has 118 valence electrons. The maximum Gasteiger partial charge on any atom is 0.268 e. The Kier molecular flexibility index (Phi) is 5.13. The molecule has 0 aliphatic carbocycles. The van der Waals surface area contributed by atoms with Crippen molar-refractivity contribution in [3.05, 3.63) is 35.5 Å². The zero-order chi connectivity index (χ0) is 16.3. The fraction of sp³-hybridized carbons (Fsp3) is 0.375. The molecule has 1 atom stereocenters. The lowest BCUT2D eigenvalue weighted by atomic mass is 10.2. The van der Waals surface area contributed by atoms with Gasteiger partial charge in [0.2, 0.25) is 0 Å². The molecule has 1 aromatic carbocycles. The van der Waals surface area contributed by atoms with Crippen LogP contribution in [0, 0.1) is 6.92 Å². The summed E-state index contributed by atoms with van der Waals surface area (Å²) in [5, 5.41) is 14.6. The number of thioether (sulfide) groups is 1. The van der Waals surface area contributed by atoms with Gasteiger partial charge in [0, 0.05) is 18.0 Å². The van der Waals surface area contributed by atoms with Gasteiger partial charge < -0.3 is 19.8 Å². The first-order valence-electron chi connectivity index (χ1n) is 7.00. The molecule has 2 aromatic rings. The number of hydrogen-bond acceptors (Lipinski definition) is 4. The molecule has 0 bridgehead atoms. The Balaban J connectivity index is 2.25. The highest BCUT2D eigenvalue weighted by Crippen LogP contribution is 2.20. The van der Waals surface area contributed by atoms with E-state index in [1.165, 1.54) is 11.8 Å². The van der Waals surface area contributed by atoms with Crippen LogP contribution in [-0.2, 0) is 11.8 Å². The van der Waals surface area contributed by atoms with E-state index < -0.39 is 17.9 Å². The molecule has 1 amide bonds. The number of aromatic nitrogens is 1. The first-order valence-corrected chi connectivity index (χ1v) is 8.40. The lowest BCUT2D eigenvalue weighted by Crippen LogP contribution is -2.48. The van der Waals surface area contributed by atoms with E-state index in [2.05, 4.69) is 5.32 Å². The number of fused-ring (bicyclic) bond motifs is 1. The molecule has 0 fully saturated rings. The number of amides is 1. The monoisotopic (exact) mass is 319 g/mol. The smallest absolute Gasteiger partial charge is 0.268 e. The number of rotatable bonds is 6. The topological polar surface area (TPSA) is 74.2 Å². The van der Waals surface area contributed by atoms with Crippen LogP contribution in [0.25, 0.3) is 10.9 Å². The highest BCUT2D eigenvalue weighted by Gasteiger charge is 2.18. The Morgan fingerprint density at radius 2 is 2.09 bits per heavy atom. The molecule has 2 rings (SSSR count). The normalized spacial score (nSPS) is 12.3. The molecule has 5 nitrogen and oxygen atoms in total. The van der Waals surface area contributed by atoms with Gasteiger partial charge in [0.25, 0.3) is 5.91 Å². The van der Waals surface area contributed by atoms with Crippen molar-refractivity contribution in [1.82, 2.24) is 9.88 Å². The third kappa shape index (κ3) is 3.44. The second-order valence-corrected chi connectivity index (χ2v) is 6.26. The molecule has 1 aromatic heterocycles. The minimum absolute atomic E-state index is 0.346. The van der Waals surface area contributed by atoms with E-state index >= 15 is 0 Å². The Morgan fingerprint density at radius 3 is 2.73 bits per heavy atom. The van der Waals surface area contributed by atoms with Crippen LogP contribution in [0.5, 0.6) is 0 Å². The average molecular weight is 319 g/mol. The molecule has 1 heterocycles. The standard InChI is InChI=1S/C16H20N2O3S/c1-10-4-5-13-11(8-10)9-14(18(13)2)15(19)17-12(16(20)21)6-7-22-3/h4-5,8-9,12H,6-7H2,1-3H3,(H,17,19)(H,20,21)/p-1/t12-/m0/s1. The molecule has 22 heavy (non-hydrogen) atoms. The van der Waals surface area contributed by atoms with Crippen LogP contribution in [0.3, 0.4) is 0 Å². The summed E-state index contributed by atoms with van der Waals surface area (Å²) in [5.41, 5.74) is 2.48. The third-order valence-electron chi connectivity index (χ3n) is 3.63. The van der Waals surface area contributed by atoms with Crippen LogP contribution in [0.2, 0.25) is 0 Å². The highest BCUT2D eigenvalue weighted by molar-refractivity contribution is 7.98. The van der Waals surface area contributed by atoms with Gasteiger partial charge in [-0.05, 0) is 43.6 Å². The van der Waals surface area contributed by atoms with E-state index in [4.69, 9.17) is 0 Å². The number of benzene rings is 1. The van der Waals surface area contributed by atoms with Crippen molar-refractivity contribution >= 4 is 34.5 Å². The van der Waals surface area contributed by atoms with Crippen LogP contribution in [0.1, 0.15) is 22.5 Å². The molecule has 0 saturated heterocycles. The first-order chi connectivity index (χ1) is 10.4. The van der Waals surface area contributed by atoms with Crippen molar-refractivity contribution in [2.24, 2.45) is 7.05 Å². The van der Waals surface area contributed by atoms with Gasteiger partial charge in [0.15, 0.2) is 0 Å². The SMILES string of the molecule is CSCC[C@H](NC(=O)c1cc2cc(C)ccc2n1C)C(=O)[O-]. The van der Waals surface area contributed by atoms with Gasteiger partial charge in [0.05, 0.1) is 12.0 Å². The van der Waals surface area contributed by atoms with Crippen LogP contribution >= 0.6 is 11.8 Å². The molecule has 1 N–H and O–H groups in total. The number of carbonyl (C=O) groups excluding carboxylic acids is 2. The molecule has 0 aliphatic heterocycles. The maximum absolute atomic E-state index is 12.4. The lowest BCUT2D eigenvalue weighted by Gasteiger charge is -2.19. The molecule has 0 aliphatic rings. The summed E-state index contributed by atoms with van der Waals surface area (Å²) in [4.78, 5) is 23.5. The Labute approximate surface area is 133 Å². The summed E-state index contributed by atoms with van der Waals surface area (Å²) in [6, 6.07) is 6.73. The van der Waals surface area contributed by atoms with E-state index in [9.17, 15) is 14.7 Å². The van der Waals surface area contributed by atoms with Crippen LogP contribution in [-0.4, -0.2) is 34.5 Å². The summed E-state index contributed by atoms with van der Waals surface area (Å²) in [6.07, 6.45) is 2.23. The number of carbonyl (C=O) groups is 2. The second kappa shape index (κ2) is 6.87. The molecule has 0 unspecified atom stereocenters. The van der Waals surface area contributed by atoms with E-state index in [1.54, 1.807) is 17.7 Å². The predicted octanol–water partition coefficient (Wildman–Crippen LogP) is 1.09. The zero-order valence-electron chi connectivity index (χ0n) is 12.9. The average Bonchev–Trinajstić information content (AvgIpc) is 2.79. The van der Waals surface area contributed by atoms with Gasteiger partial charge in [-0.2, -0.15) is 11.8 Å². The minimum atomic E-state index is -1.25. The van der Waals surface area contributed by atoms with Crippen molar-refractivity contribution in [2.75, 3.05) is 12.0 Å². The van der Waals surface area contributed by atoms with Gasteiger partial charge in [-0.3, -0.25) is 4.79 Å². The highest BCUT2D eigenvalue weighted by atomic mass is 32.2. The molecular weight excluding hydrogens is 300 g/mol. The summed E-state index contributed by atoms with van der Waals surface area (Å²) in [5.74, 6) is -1.00. The van der Waals surface area contributed by atoms with Gasteiger partial charge in [-0.15, -0.1) is 0 Å².